The van der Waals surface area contributed by atoms with Crippen LogP contribution in [-0.4, -0.2) is 93.3 Å². The van der Waals surface area contributed by atoms with Crippen molar-refractivity contribution in [3.63, 3.8) is 0 Å². The van der Waals surface area contributed by atoms with Gasteiger partial charge in [-0.05, 0) is 70.2 Å². The van der Waals surface area contributed by atoms with Gasteiger partial charge in [-0.3, -0.25) is 14.4 Å². The number of ether oxygens (including phenoxy) is 2. The van der Waals surface area contributed by atoms with Gasteiger partial charge >= 0.3 is 12.1 Å². The molecule has 6 amide bonds. The van der Waals surface area contributed by atoms with E-state index in [1.807, 2.05) is 13.8 Å². The fourth-order valence-corrected chi connectivity index (χ4v) is 3.90. The number of nitrogens with two attached hydrogens (primary N) is 1. The number of nitrogens with one attached hydrogen (secondary N) is 5. The lowest BCUT2D eigenvalue weighted by Crippen LogP contribution is -2.47. The van der Waals surface area contributed by atoms with E-state index < -0.39 is 35.6 Å². The van der Waals surface area contributed by atoms with Crippen molar-refractivity contribution in [2.24, 2.45) is 11.7 Å². The van der Waals surface area contributed by atoms with Crippen molar-refractivity contribution in [1.82, 2.24) is 26.2 Å². The van der Waals surface area contributed by atoms with Gasteiger partial charge in [0, 0.05) is 45.4 Å². The Morgan fingerprint density at radius 1 is 0.978 bits per heavy atom. The maximum atomic E-state index is 13.1. The second-order valence-electron chi connectivity index (χ2n) is 11.9. The summed E-state index contributed by atoms with van der Waals surface area (Å²) >= 11 is 0. The smallest absolute Gasteiger partial charge is 0.409 e. The number of nitrogens with zero attached hydrogens (tertiary/aromatic N) is 1. The van der Waals surface area contributed by atoms with Gasteiger partial charge in [0.1, 0.15) is 12.6 Å². The Morgan fingerprint density at radius 3 is 2.29 bits per heavy atom. The fourth-order valence-electron chi connectivity index (χ4n) is 3.90. The minimum absolute atomic E-state index is 0.0663. The van der Waals surface area contributed by atoms with E-state index >= 15 is 0 Å². The lowest BCUT2D eigenvalue weighted by Gasteiger charge is -2.25. The fraction of sp³-hybridized carbons (Fsp3) is 0.645. The van der Waals surface area contributed by atoms with E-state index in [0.717, 1.165) is 12.0 Å². The molecule has 0 aliphatic heterocycles. The number of rotatable bonds is 21. The highest BCUT2D eigenvalue weighted by molar-refractivity contribution is 5.97. The van der Waals surface area contributed by atoms with Gasteiger partial charge in [0.25, 0.3) is 0 Å². The van der Waals surface area contributed by atoms with Gasteiger partial charge in [0.15, 0.2) is 0 Å². The van der Waals surface area contributed by atoms with Crippen LogP contribution in [0.2, 0.25) is 0 Å². The predicted octanol–water partition coefficient (Wildman–Crippen LogP) is 2.08. The summed E-state index contributed by atoms with van der Waals surface area (Å²) in [6.45, 7) is 9.85. The summed E-state index contributed by atoms with van der Waals surface area (Å²) in [7, 11) is 3.45. The summed E-state index contributed by atoms with van der Waals surface area (Å²) in [5.74, 6) is -0.778. The Balaban J connectivity index is 2.65. The normalized spacial score (nSPS) is 11.8. The number of amides is 6. The van der Waals surface area contributed by atoms with Crippen LogP contribution < -0.4 is 32.3 Å². The van der Waals surface area contributed by atoms with E-state index in [1.165, 1.54) is 4.90 Å². The molecule has 0 saturated carbocycles. The highest BCUT2D eigenvalue weighted by atomic mass is 16.6. The summed E-state index contributed by atoms with van der Waals surface area (Å²) in [6, 6.07) is 5.12. The average Bonchev–Trinajstić information content (AvgIpc) is 2.98. The number of benzene rings is 1. The van der Waals surface area contributed by atoms with Crippen LogP contribution in [0.4, 0.5) is 15.3 Å². The van der Waals surface area contributed by atoms with Gasteiger partial charge in [0.05, 0.1) is 12.1 Å². The molecule has 0 aliphatic rings. The lowest BCUT2D eigenvalue weighted by molar-refractivity contribution is -0.128. The molecular formula is C31H53N7O7. The predicted molar refractivity (Wildman–Crippen MR) is 172 cm³/mol. The molecular weight excluding hydrogens is 582 g/mol. The second-order valence-corrected chi connectivity index (χ2v) is 11.9. The van der Waals surface area contributed by atoms with Gasteiger partial charge in [-0.1, -0.05) is 26.0 Å². The maximum Gasteiger partial charge on any atom is 0.409 e. The minimum Gasteiger partial charge on any atom is -0.445 e. The Hall–Kier alpha value is -3.91. The van der Waals surface area contributed by atoms with Crippen LogP contribution in [0.1, 0.15) is 65.4 Å². The van der Waals surface area contributed by atoms with Crippen LogP contribution in [0.5, 0.6) is 0 Å². The molecule has 0 spiro atoms. The highest BCUT2D eigenvalue weighted by Gasteiger charge is 2.23. The molecule has 1 aromatic carbocycles. The summed E-state index contributed by atoms with van der Waals surface area (Å²) in [5, 5.41) is 13.4. The largest absolute Gasteiger partial charge is 0.445 e. The Morgan fingerprint density at radius 2 is 1.67 bits per heavy atom. The summed E-state index contributed by atoms with van der Waals surface area (Å²) in [5.41, 5.74) is 5.84. The Labute approximate surface area is 266 Å². The zero-order valence-electron chi connectivity index (χ0n) is 27.6. The van der Waals surface area contributed by atoms with E-state index in [2.05, 4.69) is 40.4 Å². The van der Waals surface area contributed by atoms with Gasteiger partial charge in [0.2, 0.25) is 17.7 Å². The number of urea groups is 1. The van der Waals surface area contributed by atoms with E-state index in [4.69, 9.17) is 15.2 Å². The third-order valence-electron chi connectivity index (χ3n) is 6.80. The van der Waals surface area contributed by atoms with Gasteiger partial charge in [-0.2, -0.15) is 0 Å². The lowest BCUT2D eigenvalue weighted by atomic mass is 10.0. The number of hydrogen-bond donors (Lipinski definition) is 6. The van der Waals surface area contributed by atoms with Gasteiger partial charge < -0.3 is 46.7 Å². The molecule has 0 bridgehead atoms. The quantitative estimate of drug-likeness (QED) is 0.111. The molecule has 0 fully saturated rings. The third-order valence-corrected chi connectivity index (χ3v) is 6.80. The zero-order chi connectivity index (χ0) is 33.8. The van der Waals surface area contributed by atoms with Crippen LogP contribution in [-0.2, 0) is 30.5 Å². The highest BCUT2D eigenvalue weighted by Crippen LogP contribution is 2.18. The molecule has 1 atom stereocenters. The zero-order valence-corrected chi connectivity index (χ0v) is 27.6. The van der Waals surface area contributed by atoms with E-state index in [1.54, 1.807) is 38.4 Å². The van der Waals surface area contributed by atoms with Crippen LogP contribution in [0.3, 0.4) is 0 Å². The summed E-state index contributed by atoms with van der Waals surface area (Å²) in [4.78, 5) is 62.7. The first-order valence-electron chi connectivity index (χ1n) is 15.4. The van der Waals surface area contributed by atoms with Crippen molar-refractivity contribution in [2.75, 3.05) is 52.2 Å². The molecule has 254 valence electrons. The van der Waals surface area contributed by atoms with Crippen LogP contribution >= 0.6 is 0 Å². The molecule has 1 unspecified atom stereocenters. The molecule has 0 radical (unpaired) electrons. The molecule has 0 heterocycles. The molecule has 14 heteroatoms. The van der Waals surface area contributed by atoms with Crippen molar-refractivity contribution in [3.05, 3.63) is 29.8 Å². The Bertz CT molecular complexity index is 1080. The van der Waals surface area contributed by atoms with E-state index in [0.29, 0.717) is 44.1 Å². The number of primary amides is 1. The van der Waals surface area contributed by atoms with Crippen LogP contribution in [0.25, 0.3) is 0 Å². The van der Waals surface area contributed by atoms with Crippen LogP contribution in [0.15, 0.2) is 24.3 Å². The summed E-state index contributed by atoms with van der Waals surface area (Å²) in [6.07, 6.45) is 1.74. The molecule has 45 heavy (non-hydrogen) atoms. The summed E-state index contributed by atoms with van der Waals surface area (Å²) < 4.78 is 11.2. The maximum absolute atomic E-state index is 13.1. The second kappa shape index (κ2) is 20.9. The van der Waals surface area contributed by atoms with E-state index in [9.17, 15) is 24.0 Å². The van der Waals surface area contributed by atoms with Crippen LogP contribution in [0, 0.1) is 5.92 Å². The van der Waals surface area contributed by atoms with E-state index in [-0.39, 0.29) is 38.4 Å². The molecule has 1 rings (SSSR count). The topological polar surface area (TPSA) is 193 Å². The number of anilines is 1. The molecule has 1 aromatic rings. The minimum atomic E-state index is -0.939. The standard InChI is InChI=1S/C31H53N7O7/c1-22(2)14-19-45-31(3,4)15-13-26(39)35-20-27(40)37-25(8-7-16-34-29(32)42)28(41)36-24-11-9-23(10-12-24)21-44-30(43)38(6)18-17-33-5/h9-12,22,25,33H,7-8,13-21H2,1-6H3,(H,35,39)(H,36,41)(H,37,40)(H3,32,34,42). The molecule has 0 saturated heterocycles. The molecule has 14 nitrogen and oxygen atoms in total. The van der Waals surface area contributed by atoms with Crippen molar-refractivity contribution >= 4 is 35.5 Å². The first kappa shape index (κ1) is 39.1. The monoisotopic (exact) mass is 635 g/mol. The molecule has 7 N–H and O–H groups in total. The van der Waals surface area contributed by atoms with Crippen molar-refractivity contribution < 1.29 is 33.4 Å². The third kappa shape index (κ3) is 18.5. The molecule has 0 aliphatic carbocycles. The first-order chi connectivity index (χ1) is 21.2. The van der Waals surface area contributed by atoms with Crippen molar-refractivity contribution in [1.29, 1.82) is 0 Å². The first-order valence-corrected chi connectivity index (χ1v) is 15.4. The van der Waals surface area contributed by atoms with Gasteiger partial charge in [-0.15, -0.1) is 0 Å². The van der Waals surface area contributed by atoms with Crippen molar-refractivity contribution in [2.45, 2.75) is 78.0 Å². The SMILES string of the molecule is CNCCN(C)C(=O)OCc1ccc(NC(=O)C(CCCNC(N)=O)NC(=O)CNC(=O)CCC(C)(C)OCCC(C)C)cc1. The Kier molecular flexibility index (Phi) is 18.2. The average molecular weight is 636 g/mol. The number of carbonyl (C=O) groups is 5. The number of carbonyl (C=O) groups excluding carboxylic acids is 5. The van der Waals surface area contributed by atoms with Crippen molar-refractivity contribution in [3.8, 4) is 0 Å². The number of likely N-dealkylation sites (N-methyl/N-ethyl adjacent to an activating group) is 2. The van der Waals surface area contributed by atoms with Gasteiger partial charge in [-0.25, -0.2) is 9.59 Å². The number of hydrogen-bond acceptors (Lipinski definition) is 8. The molecule has 0 aromatic heterocycles.